The molecule has 2 aromatic rings. The van der Waals surface area contributed by atoms with E-state index in [0.717, 1.165) is 55.9 Å². The van der Waals surface area contributed by atoms with E-state index in [4.69, 9.17) is 0 Å². The number of hydrogen-bond donors (Lipinski definition) is 0. The van der Waals surface area contributed by atoms with Crippen LogP contribution in [0.2, 0.25) is 0 Å². The SMILES string of the molecule is C=CCCC1CCC2CC(c3ccc(-c4ccc(CC/C=C/C)cc4)c(F)c3F)CCC2C1. The Kier molecular flexibility index (Phi) is 8.17. The number of hydrogen-bond acceptors (Lipinski definition) is 0. The molecule has 2 aliphatic rings. The molecular formula is C31H38F2. The van der Waals surface area contributed by atoms with Crippen molar-refractivity contribution in [3.63, 3.8) is 0 Å². The second-order valence-corrected chi connectivity index (χ2v) is 10.2. The van der Waals surface area contributed by atoms with Crippen LogP contribution in [0.15, 0.2) is 61.2 Å². The Morgan fingerprint density at radius 2 is 1.64 bits per heavy atom. The molecule has 0 aromatic heterocycles. The summed E-state index contributed by atoms with van der Waals surface area (Å²) in [5.41, 5.74) is 2.92. The number of fused-ring (bicyclic) bond motifs is 1. The molecule has 0 radical (unpaired) electrons. The van der Waals surface area contributed by atoms with Crippen LogP contribution in [0.5, 0.6) is 0 Å². The topological polar surface area (TPSA) is 0 Å². The smallest absolute Gasteiger partial charge is 0.166 e. The van der Waals surface area contributed by atoms with Gasteiger partial charge in [0.15, 0.2) is 11.6 Å². The van der Waals surface area contributed by atoms with E-state index in [9.17, 15) is 0 Å². The quantitative estimate of drug-likeness (QED) is 0.353. The van der Waals surface area contributed by atoms with Crippen molar-refractivity contribution >= 4 is 0 Å². The molecule has 4 rings (SSSR count). The highest BCUT2D eigenvalue weighted by atomic mass is 19.2. The van der Waals surface area contributed by atoms with Crippen molar-refractivity contribution < 1.29 is 8.78 Å². The van der Waals surface area contributed by atoms with Gasteiger partial charge >= 0.3 is 0 Å². The number of benzene rings is 2. The number of halogens is 2. The maximum Gasteiger partial charge on any atom is 0.166 e. The molecule has 2 saturated carbocycles. The average Bonchev–Trinajstić information content (AvgIpc) is 2.85. The molecule has 2 fully saturated rings. The lowest BCUT2D eigenvalue weighted by Gasteiger charge is -2.42. The van der Waals surface area contributed by atoms with Crippen molar-refractivity contribution in [2.75, 3.05) is 0 Å². The van der Waals surface area contributed by atoms with Gasteiger partial charge in [-0.15, -0.1) is 6.58 Å². The second kappa shape index (κ2) is 11.3. The zero-order valence-electron chi connectivity index (χ0n) is 20.0. The monoisotopic (exact) mass is 448 g/mol. The minimum Gasteiger partial charge on any atom is -0.203 e. The van der Waals surface area contributed by atoms with Crippen molar-refractivity contribution in [2.45, 2.75) is 77.0 Å². The van der Waals surface area contributed by atoms with Crippen LogP contribution in [0.25, 0.3) is 11.1 Å². The van der Waals surface area contributed by atoms with Crippen LogP contribution >= 0.6 is 0 Å². The minimum atomic E-state index is -0.690. The normalized spacial score (nSPS) is 25.2. The van der Waals surface area contributed by atoms with Gasteiger partial charge in [0.2, 0.25) is 0 Å². The van der Waals surface area contributed by atoms with Gasteiger partial charge in [0.05, 0.1) is 0 Å². The maximum absolute atomic E-state index is 15.3. The lowest BCUT2D eigenvalue weighted by atomic mass is 9.63. The summed E-state index contributed by atoms with van der Waals surface area (Å²) in [7, 11) is 0. The second-order valence-electron chi connectivity index (χ2n) is 10.2. The highest BCUT2D eigenvalue weighted by Crippen LogP contribution is 2.49. The van der Waals surface area contributed by atoms with Crippen LogP contribution in [0.4, 0.5) is 8.78 Å². The lowest BCUT2D eigenvalue weighted by molar-refractivity contribution is 0.114. The first-order valence-electron chi connectivity index (χ1n) is 12.9. The number of allylic oxidation sites excluding steroid dienone is 3. The first kappa shape index (κ1) is 23.9. The standard InChI is InChI=1S/C31H38F2/c1-3-5-7-9-22-10-13-24(14-11-22)28-18-19-29(31(33)30(28)32)27-17-16-25-20-23(8-6-4-2)12-15-26(25)21-27/h3-5,10-11,13-14,18-19,23,25-27H,2,6-9,12,15-17,20-21H2,1H3/b5-3+. The molecule has 0 heterocycles. The Hall–Kier alpha value is -2.22. The van der Waals surface area contributed by atoms with Crippen molar-refractivity contribution in [2.24, 2.45) is 17.8 Å². The largest absolute Gasteiger partial charge is 0.203 e. The van der Waals surface area contributed by atoms with E-state index in [-0.39, 0.29) is 5.92 Å². The van der Waals surface area contributed by atoms with Crippen LogP contribution < -0.4 is 0 Å². The molecule has 2 heteroatoms. The highest BCUT2D eigenvalue weighted by molar-refractivity contribution is 5.65. The highest BCUT2D eigenvalue weighted by Gasteiger charge is 2.36. The van der Waals surface area contributed by atoms with Gasteiger partial charge in [0.25, 0.3) is 0 Å². The van der Waals surface area contributed by atoms with E-state index in [2.05, 4.69) is 18.7 Å². The van der Waals surface area contributed by atoms with Crippen molar-refractivity contribution in [1.82, 2.24) is 0 Å². The number of rotatable bonds is 8. The van der Waals surface area contributed by atoms with Gasteiger partial charge in [-0.3, -0.25) is 0 Å². The van der Waals surface area contributed by atoms with Gasteiger partial charge < -0.3 is 0 Å². The molecule has 176 valence electrons. The maximum atomic E-state index is 15.3. The molecule has 33 heavy (non-hydrogen) atoms. The van der Waals surface area contributed by atoms with E-state index in [1.165, 1.54) is 31.2 Å². The minimum absolute atomic E-state index is 0.147. The van der Waals surface area contributed by atoms with Crippen molar-refractivity contribution in [3.8, 4) is 11.1 Å². The summed E-state index contributed by atoms with van der Waals surface area (Å²) in [6.45, 7) is 5.88. The Bertz CT molecular complexity index is 956. The fraction of sp³-hybridized carbons (Fsp3) is 0.484. The van der Waals surface area contributed by atoms with E-state index in [0.29, 0.717) is 17.0 Å². The van der Waals surface area contributed by atoms with Crippen LogP contribution in [-0.4, -0.2) is 0 Å². The summed E-state index contributed by atoms with van der Waals surface area (Å²) in [5.74, 6) is 1.08. The van der Waals surface area contributed by atoms with E-state index < -0.39 is 11.6 Å². The van der Waals surface area contributed by atoms with Gasteiger partial charge in [-0.25, -0.2) is 8.78 Å². The molecule has 0 nitrogen and oxygen atoms in total. The van der Waals surface area contributed by atoms with Crippen LogP contribution in [0, 0.1) is 29.4 Å². The molecule has 4 atom stereocenters. The molecule has 0 bridgehead atoms. The van der Waals surface area contributed by atoms with Gasteiger partial charge in [0, 0.05) is 5.56 Å². The molecular weight excluding hydrogens is 410 g/mol. The van der Waals surface area contributed by atoms with Crippen LogP contribution in [-0.2, 0) is 6.42 Å². The van der Waals surface area contributed by atoms with E-state index >= 15 is 8.78 Å². The Labute approximate surface area is 198 Å². The molecule has 0 saturated heterocycles. The van der Waals surface area contributed by atoms with Gasteiger partial charge in [0.1, 0.15) is 0 Å². The average molecular weight is 449 g/mol. The molecule has 2 aliphatic carbocycles. The molecule has 0 N–H and O–H groups in total. The summed E-state index contributed by atoms with van der Waals surface area (Å²) in [5, 5.41) is 0. The van der Waals surface area contributed by atoms with Gasteiger partial charge in [-0.05, 0) is 105 Å². The van der Waals surface area contributed by atoms with Gasteiger partial charge in [-0.2, -0.15) is 0 Å². The Morgan fingerprint density at radius 1 is 0.879 bits per heavy atom. The van der Waals surface area contributed by atoms with Crippen molar-refractivity contribution in [3.05, 3.63) is 84.0 Å². The summed E-state index contributed by atoms with van der Waals surface area (Å²) < 4.78 is 30.4. The predicted molar refractivity (Wildman–Crippen MR) is 135 cm³/mol. The Balaban J connectivity index is 1.43. The van der Waals surface area contributed by atoms with Gasteiger partial charge in [-0.1, -0.05) is 61.0 Å². The first-order chi connectivity index (χ1) is 16.1. The predicted octanol–water partition coefficient (Wildman–Crippen LogP) is 9.41. The fourth-order valence-electron chi connectivity index (χ4n) is 6.25. The lowest BCUT2D eigenvalue weighted by Crippen LogP contribution is -2.30. The molecule has 0 aliphatic heterocycles. The van der Waals surface area contributed by atoms with Crippen LogP contribution in [0.3, 0.4) is 0 Å². The first-order valence-corrected chi connectivity index (χ1v) is 12.9. The summed E-state index contributed by atoms with van der Waals surface area (Å²) in [4.78, 5) is 0. The number of aryl methyl sites for hydroxylation is 1. The molecule has 4 unspecified atom stereocenters. The van der Waals surface area contributed by atoms with Crippen molar-refractivity contribution in [1.29, 1.82) is 0 Å². The van der Waals surface area contributed by atoms with Crippen LogP contribution in [0.1, 0.15) is 81.8 Å². The zero-order valence-corrected chi connectivity index (χ0v) is 20.0. The third-order valence-electron chi connectivity index (χ3n) is 8.15. The third-order valence-corrected chi connectivity index (χ3v) is 8.15. The molecule has 0 spiro atoms. The zero-order chi connectivity index (χ0) is 23.2. The summed E-state index contributed by atoms with van der Waals surface area (Å²) in [6, 6.07) is 11.5. The van der Waals surface area contributed by atoms with E-state index in [1.807, 2.05) is 43.3 Å². The summed E-state index contributed by atoms with van der Waals surface area (Å²) >= 11 is 0. The molecule has 2 aromatic carbocycles. The summed E-state index contributed by atoms with van der Waals surface area (Å²) in [6.07, 6.45) is 17.5. The van der Waals surface area contributed by atoms with E-state index in [1.54, 1.807) is 6.07 Å². The fourth-order valence-corrected chi connectivity index (χ4v) is 6.25. The molecule has 0 amide bonds. The third kappa shape index (κ3) is 5.65. The Morgan fingerprint density at radius 3 is 2.39 bits per heavy atom.